The molecule has 0 atom stereocenters. The minimum Gasteiger partial charge on any atom is -0.491 e. The van der Waals surface area contributed by atoms with Crippen molar-refractivity contribution >= 4 is 5.91 Å². The molecule has 0 spiro atoms. The van der Waals surface area contributed by atoms with Crippen LogP contribution in [0.3, 0.4) is 0 Å². The molecule has 1 aliphatic heterocycles. The van der Waals surface area contributed by atoms with Crippen LogP contribution >= 0.6 is 0 Å². The Morgan fingerprint density at radius 2 is 2.05 bits per heavy atom. The summed E-state index contributed by atoms with van der Waals surface area (Å²) < 4.78 is 10.6. The second kappa shape index (κ2) is 6.30. The number of aromatic amines is 1. The van der Waals surface area contributed by atoms with Crippen molar-refractivity contribution in [2.75, 3.05) is 13.2 Å². The lowest BCUT2D eigenvalue weighted by Gasteiger charge is -2.18. The molecule has 0 unspecified atom stereocenters. The number of aromatic nitrogens is 3. The maximum Gasteiger partial charge on any atom is 0.290 e. The third-order valence-electron chi connectivity index (χ3n) is 3.15. The Kier molecular flexibility index (Phi) is 4.04. The molecule has 3 rings (SSSR count). The van der Waals surface area contributed by atoms with Crippen molar-refractivity contribution in [2.24, 2.45) is 0 Å². The molecule has 2 heterocycles. The molecule has 0 saturated carbocycles. The maximum atomic E-state index is 12.0. The number of hydrogen-bond donors (Lipinski definition) is 2. The van der Waals surface area contributed by atoms with Gasteiger partial charge in [-0.05, 0) is 6.92 Å². The molecular formula is C15H16N4O3. The summed E-state index contributed by atoms with van der Waals surface area (Å²) >= 11 is 0. The van der Waals surface area contributed by atoms with E-state index in [1.54, 1.807) is 6.92 Å². The van der Waals surface area contributed by atoms with Crippen LogP contribution in [-0.2, 0) is 20.8 Å². The number of amides is 1. The van der Waals surface area contributed by atoms with Crippen LogP contribution in [0.4, 0.5) is 0 Å². The zero-order chi connectivity index (χ0) is 15.4. The first-order valence-corrected chi connectivity index (χ1v) is 6.95. The van der Waals surface area contributed by atoms with Crippen LogP contribution in [0.15, 0.2) is 41.9 Å². The number of rotatable bonds is 4. The quantitative estimate of drug-likeness (QED) is 0.890. The number of carbonyl (C=O) groups excluding carboxylic acids is 1. The van der Waals surface area contributed by atoms with Gasteiger partial charge in [0.15, 0.2) is 5.82 Å². The molecule has 114 valence electrons. The molecule has 1 aromatic heterocycles. The van der Waals surface area contributed by atoms with Gasteiger partial charge in [0, 0.05) is 5.56 Å². The standard InChI is InChI=1S/C15H16N4O3/c1-10-13(22-8-7-21-10)15(20)16-9-12-17-14(19-18-12)11-5-3-2-4-6-11/h2-6H,7-9H2,1H3,(H,16,20)(H,17,18,19). The van der Waals surface area contributed by atoms with Crippen molar-refractivity contribution in [2.45, 2.75) is 13.5 Å². The summed E-state index contributed by atoms with van der Waals surface area (Å²) in [6.45, 7) is 2.78. The molecule has 0 radical (unpaired) electrons. The van der Waals surface area contributed by atoms with Gasteiger partial charge in [0.1, 0.15) is 24.8 Å². The van der Waals surface area contributed by atoms with E-state index in [4.69, 9.17) is 9.47 Å². The highest BCUT2D eigenvalue weighted by Gasteiger charge is 2.19. The van der Waals surface area contributed by atoms with E-state index < -0.39 is 0 Å². The van der Waals surface area contributed by atoms with Gasteiger partial charge >= 0.3 is 0 Å². The Balaban J connectivity index is 1.63. The average molecular weight is 300 g/mol. The van der Waals surface area contributed by atoms with Gasteiger partial charge in [-0.2, -0.15) is 5.10 Å². The number of carbonyl (C=O) groups is 1. The molecule has 1 amide bonds. The van der Waals surface area contributed by atoms with Crippen molar-refractivity contribution in [3.8, 4) is 11.4 Å². The van der Waals surface area contributed by atoms with Gasteiger partial charge in [-0.3, -0.25) is 9.89 Å². The van der Waals surface area contributed by atoms with Crippen molar-refractivity contribution in [1.29, 1.82) is 0 Å². The molecule has 0 fully saturated rings. The smallest absolute Gasteiger partial charge is 0.290 e. The summed E-state index contributed by atoms with van der Waals surface area (Å²) in [5, 5.41) is 9.67. The zero-order valence-electron chi connectivity index (χ0n) is 12.1. The highest BCUT2D eigenvalue weighted by atomic mass is 16.6. The van der Waals surface area contributed by atoms with E-state index in [1.165, 1.54) is 0 Å². The van der Waals surface area contributed by atoms with E-state index in [-0.39, 0.29) is 18.2 Å². The average Bonchev–Trinajstić information content (AvgIpc) is 3.03. The monoisotopic (exact) mass is 300 g/mol. The van der Waals surface area contributed by atoms with Gasteiger partial charge in [-0.25, -0.2) is 4.98 Å². The van der Waals surface area contributed by atoms with Gasteiger partial charge < -0.3 is 14.8 Å². The lowest BCUT2D eigenvalue weighted by atomic mass is 10.2. The SMILES string of the molecule is CC1=C(C(=O)NCc2nc(-c3ccccc3)n[nH]2)OCCO1. The number of hydrogen-bond acceptors (Lipinski definition) is 5. The van der Waals surface area contributed by atoms with Crippen LogP contribution in [0.25, 0.3) is 11.4 Å². The Morgan fingerprint density at radius 1 is 1.27 bits per heavy atom. The van der Waals surface area contributed by atoms with Crippen LogP contribution in [0.2, 0.25) is 0 Å². The molecule has 22 heavy (non-hydrogen) atoms. The third-order valence-corrected chi connectivity index (χ3v) is 3.15. The van der Waals surface area contributed by atoms with Gasteiger partial charge in [-0.1, -0.05) is 30.3 Å². The van der Waals surface area contributed by atoms with Crippen molar-refractivity contribution < 1.29 is 14.3 Å². The van der Waals surface area contributed by atoms with Gasteiger partial charge in [-0.15, -0.1) is 0 Å². The summed E-state index contributed by atoms with van der Waals surface area (Å²) in [6.07, 6.45) is 0. The summed E-state index contributed by atoms with van der Waals surface area (Å²) in [6, 6.07) is 9.62. The van der Waals surface area contributed by atoms with E-state index in [0.717, 1.165) is 5.56 Å². The predicted molar refractivity (Wildman–Crippen MR) is 78.3 cm³/mol. The Labute approximate surface area is 127 Å². The van der Waals surface area contributed by atoms with Gasteiger partial charge in [0.25, 0.3) is 5.91 Å². The predicted octanol–water partition coefficient (Wildman–Crippen LogP) is 1.37. The summed E-state index contributed by atoms with van der Waals surface area (Å²) in [7, 11) is 0. The third kappa shape index (κ3) is 3.08. The Hall–Kier alpha value is -2.83. The van der Waals surface area contributed by atoms with E-state index >= 15 is 0 Å². The molecule has 0 saturated heterocycles. The first kappa shape index (κ1) is 14.1. The van der Waals surface area contributed by atoms with E-state index in [2.05, 4.69) is 20.5 Å². The van der Waals surface area contributed by atoms with Crippen LogP contribution < -0.4 is 5.32 Å². The van der Waals surface area contributed by atoms with Crippen LogP contribution in [-0.4, -0.2) is 34.3 Å². The van der Waals surface area contributed by atoms with Crippen molar-refractivity contribution in [3.63, 3.8) is 0 Å². The molecule has 7 nitrogen and oxygen atoms in total. The van der Waals surface area contributed by atoms with E-state index in [1.807, 2.05) is 30.3 Å². The fourth-order valence-electron chi connectivity index (χ4n) is 2.07. The molecule has 1 aliphatic rings. The number of benzene rings is 1. The molecule has 0 bridgehead atoms. The van der Waals surface area contributed by atoms with Crippen molar-refractivity contribution in [3.05, 3.63) is 47.7 Å². The lowest BCUT2D eigenvalue weighted by Crippen LogP contribution is -2.29. The molecule has 2 aromatic rings. The minimum atomic E-state index is -0.324. The molecule has 0 aliphatic carbocycles. The first-order chi connectivity index (χ1) is 10.7. The summed E-state index contributed by atoms with van der Waals surface area (Å²) in [4.78, 5) is 16.4. The fraction of sp³-hybridized carbons (Fsp3) is 0.267. The molecular weight excluding hydrogens is 284 g/mol. The van der Waals surface area contributed by atoms with Crippen molar-refractivity contribution in [1.82, 2.24) is 20.5 Å². The normalized spacial score (nSPS) is 14.2. The molecule has 1 aromatic carbocycles. The first-order valence-electron chi connectivity index (χ1n) is 6.95. The van der Waals surface area contributed by atoms with Crippen LogP contribution in [0, 0.1) is 0 Å². The van der Waals surface area contributed by atoms with Crippen LogP contribution in [0.5, 0.6) is 0 Å². The second-order valence-electron chi connectivity index (χ2n) is 4.74. The Morgan fingerprint density at radius 3 is 2.82 bits per heavy atom. The zero-order valence-corrected chi connectivity index (χ0v) is 12.1. The summed E-state index contributed by atoms with van der Waals surface area (Å²) in [5.74, 6) is 1.55. The number of H-pyrrole nitrogens is 1. The van der Waals surface area contributed by atoms with E-state index in [9.17, 15) is 4.79 Å². The van der Waals surface area contributed by atoms with Gasteiger partial charge in [0.05, 0.1) is 6.54 Å². The lowest BCUT2D eigenvalue weighted by molar-refractivity contribution is -0.122. The van der Waals surface area contributed by atoms with Gasteiger partial charge in [0.2, 0.25) is 5.76 Å². The number of nitrogens with zero attached hydrogens (tertiary/aromatic N) is 2. The number of nitrogens with one attached hydrogen (secondary N) is 2. The topological polar surface area (TPSA) is 89.1 Å². The maximum absolute atomic E-state index is 12.0. The Bertz CT molecular complexity index is 694. The van der Waals surface area contributed by atoms with E-state index in [0.29, 0.717) is 30.6 Å². The summed E-state index contributed by atoms with van der Waals surface area (Å²) in [5.41, 5.74) is 0.916. The molecule has 7 heteroatoms. The highest BCUT2D eigenvalue weighted by Crippen LogP contribution is 2.14. The minimum absolute atomic E-state index is 0.217. The fourth-order valence-corrected chi connectivity index (χ4v) is 2.07. The van der Waals surface area contributed by atoms with Crippen LogP contribution in [0.1, 0.15) is 12.7 Å². The number of ether oxygens (including phenoxy) is 2. The highest BCUT2D eigenvalue weighted by molar-refractivity contribution is 5.91. The second-order valence-corrected chi connectivity index (χ2v) is 4.74. The largest absolute Gasteiger partial charge is 0.491 e. The number of allylic oxidation sites excluding steroid dienone is 1. The molecule has 2 N–H and O–H groups in total.